The predicted molar refractivity (Wildman–Crippen MR) is 64.8 cm³/mol. The van der Waals surface area contributed by atoms with Crippen molar-refractivity contribution in [3.63, 3.8) is 0 Å². The summed E-state index contributed by atoms with van der Waals surface area (Å²) in [4.78, 5) is 26.1. The van der Waals surface area contributed by atoms with Crippen LogP contribution in [-0.4, -0.2) is 60.2 Å². The molecule has 112 valence electrons. The molecule has 2 aliphatic rings. The third-order valence-electron chi connectivity index (χ3n) is 3.01. The summed E-state index contributed by atoms with van der Waals surface area (Å²) in [5.74, 6) is -0.677. The highest BCUT2D eigenvalue weighted by atomic mass is 16.7. The topological polar surface area (TPSA) is 104 Å². The van der Waals surface area contributed by atoms with Crippen LogP contribution in [0.2, 0.25) is 0 Å². The first-order valence-electron chi connectivity index (χ1n) is 6.23. The van der Waals surface area contributed by atoms with E-state index in [1.54, 1.807) is 6.92 Å². The van der Waals surface area contributed by atoms with Gasteiger partial charge in [0.15, 0.2) is 12.0 Å². The van der Waals surface area contributed by atoms with Crippen LogP contribution in [0.1, 0.15) is 20.8 Å². The van der Waals surface area contributed by atoms with Crippen molar-refractivity contribution in [1.82, 2.24) is 0 Å². The van der Waals surface area contributed by atoms with Crippen molar-refractivity contribution in [1.29, 1.82) is 0 Å². The molecule has 0 spiro atoms. The minimum Gasteiger partial charge on any atom is -0.463 e. The Balaban J connectivity index is 2.12. The molecule has 1 fully saturated rings. The van der Waals surface area contributed by atoms with Crippen molar-refractivity contribution in [2.75, 3.05) is 6.61 Å². The Morgan fingerprint density at radius 2 is 2.05 bits per heavy atom. The van der Waals surface area contributed by atoms with E-state index in [1.165, 1.54) is 13.8 Å². The summed E-state index contributed by atoms with van der Waals surface area (Å²) in [7, 11) is 0. The highest BCUT2D eigenvalue weighted by molar-refractivity contribution is 5.75. The molecule has 2 heterocycles. The molecule has 2 rings (SSSR count). The number of hydrogen-bond donors (Lipinski definition) is 1. The molecule has 0 aromatic carbocycles. The van der Waals surface area contributed by atoms with Gasteiger partial charge in [0.2, 0.25) is 6.29 Å². The lowest BCUT2D eigenvalue weighted by atomic mass is 9.97. The molecule has 8 nitrogen and oxygen atoms in total. The van der Waals surface area contributed by atoms with Crippen LogP contribution in [0, 0.1) is 0 Å². The number of hydrogen-bond acceptors (Lipinski definition) is 8. The number of aliphatic imine (C=N–C) groups is 1. The number of carbonyl (C=O) groups is 2. The maximum atomic E-state index is 11.1. The first kappa shape index (κ1) is 14.7. The van der Waals surface area contributed by atoms with Gasteiger partial charge < -0.3 is 24.1 Å². The minimum absolute atomic E-state index is 0.143. The number of ether oxygens (including phenoxy) is 4. The first-order valence-corrected chi connectivity index (χ1v) is 6.23. The van der Waals surface area contributed by atoms with Crippen molar-refractivity contribution in [2.45, 2.75) is 51.4 Å². The van der Waals surface area contributed by atoms with Gasteiger partial charge >= 0.3 is 11.9 Å². The lowest BCUT2D eigenvalue weighted by Gasteiger charge is -2.39. The molecule has 0 aliphatic carbocycles. The molecule has 20 heavy (non-hydrogen) atoms. The minimum atomic E-state index is -1.09. The van der Waals surface area contributed by atoms with Gasteiger partial charge in [-0.1, -0.05) is 0 Å². The molecule has 0 radical (unpaired) electrons. The third kappa shape index (κ3) is 3.07. The summed E-state index contributed by atoms with van der Waals surface area (Å²) in [6.45, 7) is 3.97. The smallest absolute Gasteiger partial charge is 0.303 e. The number of rotatable bonds is 3. The van der Waals surface area contributed by atoms with Crippen LogP contribution in [0.3, 0.4) is 0 Å². The lowest BCUT2D eigenvalue weighted by Crippen LogP contribution is -2.58. The van der Waals surface area contributed by atoms with E-state index in [2.05, 4.69) is 4.99 Å². The largest absolute Gasteiger partial charge is 0.463 e. The van der Waals surface area contributed by atoms with Crippen molar-refractivity contribution in [3.05, 3.63) is 0 Å². The van der Waals surface area contributed by atoms with Crippen LogP contribution >= 0.6 is 0 Å². The van der Waals surface area contributed by atoms with Gasteiger partial charge in [0.1, 0.15) is 24.9 Å². The van der Waals surface area contributed by atoms with E-state index in [-0.39, 0.29) is 6.61 Å². The summed E-state index contributed by atoms with van der Waals surface area (Å²) in [5, 5.41) is 10.3. The highest BCUT2D eigenvalue weighted by Crippen LogP contribution is 2.30. The van der Waals surface area contributed by atoms with Crippen molar-refractivity contribution in [2.24, 2.45) is 4.99 Å². The molecule has 0 aromatic heterocycles. The van der Waals surface area contributed by atoms with E-state index in [9.17, 15) is 14.7 Å². The molecule has 5 unspecified atom stereocenters. The maximum Gasteiger partial charge on any atom is 0.303 e. The van der Waals surface area contributed by atoms with Crippen LogP contribution < -0.4 is 0 Å². The van der Waals surface area contributed by atoms with E-state index in [0.717, 1.165) is 0 Å². The molecule has 0 bridgehead atoms. The number of carbonyl (C=O) groups excluding carboxylic acids is 2. The Kier molecular flexibility index (Phi) is 4.24. The normalized spacial score (nSPS) is 35.6. The average molecular weight is 287 g/mol. The van der Waals surface area contributed by atoms with Gasteiger partial charge in [0.05, 0.1) is 0 Å². The van der Waals surface area contributed by atoms with Gasteiger partial charge in [-0.05, 0) is 0 Å². The summed E-state index contributed by atoms with van der Waals surface area (Å²) in [6.07, 6.45) is -3.63. The average Bonchev–Trinajstić information content (AvgIpc) is 2.71. The van der Waals surface area contributed by atoms with Crippen LogP contribution in [-0.2, 0) is 28.5 Å². The lowest BCUT2D eigenvalue weighted by molar-refractivity contribution is -0.244. The Labute approximate surface area is 115 Å². The molecular formula is C12H17NO7. The number of fused-ring (bicyclic) bond motifs is 1. The number of esters is 2. The zero-order chi connectivity index (χ0) is 14.9. The summed E-state index contributed by atoms with van der Waals surface area (Å²) >= 11 is 0. The van der Waals surface area contributed by atoms with Gasteiger partial charge in [0.25, 0.3) is 0 Å². The molecule has 1 N–H and O–H groups in total. The van der Waals surface area contributed by atoms with E-state index in [4.69, 9.17) is 18.9 Å². The monoisotopic (exact) mass is 287 g/mol. The van der Waals surface area contributed by atoms with E-state index < -0.39 is 42.6 Å². The Morgan fingerprint density at radius 1 is 1.35 bits per heavy atom. The quantitative estimate of drug-likeness (QED) is 0.690. The molecule has 0 amide bonds. The molecule has 0 aromatic rings. The second kappa shape index (κ2) is 5.76. The van der Waals surface area contributed by atoms with Gasteiger partial charge in [-0.2, -0.15) is 0 Å². The molecule has 2 aliphatic heterocycles. The van der Waals surface area contributed by atoms with Crippen LogP contribution in [0.25, 0.3) is 0 Å². The molecule has 1 saturated heterocycles. The fraction of sp³-hybridized carbons (Fsp3) is 0.750. The van der Waals surface area contributed by atoms with Gasteiger partial charge in [-0.25, -0.2) is 4.99 Å². The van der Waals surface area contributed by atoms with Crippen molar-refractivity contribution in [3.8, 4) is 0 Å². The fourth-order valence-corrected chi connectivity index (χ4v) is 2.22. The third-order valence-corrected chi connectivity index (χ3v) is 3.01. The number of aliphatic hydroxyl groups excluding tert-OH is 1. The van der Waals surface area contributed by atoms with Crippen LogP contribution in [0.5, 0.6) is 0 Å². The predicted octanol–water partition coefficient (Wildman–Crippen LogP) is -0.616. The van der Waals surface area contributed by atoms with E-state index in [0.29, 0.717) is 5.90 Å². The Bertz CT molecular complexity index is 436. The molecule has 0 saturated carbocycles. The van der Waals surface area contributed by atoms with Crippen LogP contribution in [0.4, 0.5) is 0 Å². The van der Waals surface area contributed by atoms with Crippen LogP contribution in [0.15, 0.2) is 4.99 Å². The van der Waals surface area contributed by atoms with E-state index >= 15 is 0 Å². The zero-order valence-electron chi connectivity index (χ0n) is 11.4. The summed E-state index contributed by atoms with van der Waals surface area (Å²) in [5.41, 5.74) is 0. The summed E-state index contributed by atoms with van der Waals surface area (Å²) in [6, 6.07) is -0.659. The van der Waals surface area contributed by atoms with Crippen molar-refractivity contribution >= 4 is 17.8 Å². The fourth-order valence-electron chi connectivity index (χ4n) is 2.22. The summed E-state index contributed by atoms with van der Waals surface area (Å²) < 4.78 is 20.8. The Morgan fingerprint density at radius 3 is 2.65 bits per heavy atom. The van der Waals surface area contributed by atoms with E-state index in [1.807, 2.05) is 0 Å². The first-order chi connectivity index (χ1) is 9.38. The second-order valence-corrected chi connectivity index (χ2v) is 4.67. The maximum absolute atomic E-state index is 11.1. The molecular weight excluding hydrogens is 270 g/mol. The standard InChI is InChI=1S/C12H17NO7/c1-5-13-9-10(16)11(19-7(3)15)8(4-17-6(2)14)20-12(9)18-5/h8-12,16H,4H2,1-3H3. The SMILES string of the molecule is CC(=O)OCC1OC2OC(C)=NC2C(O)C1OC(C)=O. The number of aliphatic hydroxyl groups is 1. The molecule has 8 heteroatoms. The highest BCUT2D eigenvalue weighted by Gasteiger charge is 2.51. The number of nitrogens with zero attached hydrogens (tertiary/aromatic N) is 1. The van der Waals surface area contributed by atoms with Gasteiger partial charge in [-0.15, -0.1) is 0 Å². The van der Waals surface area contributed by atoms with Gasteiger partial charge in [0, 0.05) is 20.8 Å². The Hall–Kier alpha value is -1.67. The van der Waals surface area contributed by atoms with Gasteiger partial charge in [-0.3, -0.25) is 9.59 Å². The van der Waals surface area contributed by atoms with Crippen molar-refractivity contribution < 1.29 is 33.6 Å². The second-order valence-electron chi connectivity index (χ2n) is 4.67. The molecule has 5 atom stereocenters. The zero-order valence-corrected chi connectivity index (χ0v) is 11.4.